The second kappa shape index (κ2) is 6.10. The van der Waals surface area contributed by atoms with Crippen molar-refractivity contribution in [1.82, 2.24) is 19.7 Å². The number of hydrogen-bond acceptors (Lipinski definition) is 5. The molecule has 2 aromatic heterocycles. The second-order valence-corrected chi connectivity index (χ2v) is 7.40. The van der Waals surface area contributed by atoms with Gasteiger partial charge in [0.25, 0.3) is 0 Å². The van der Waals surface area contributed by atoms with Gasteiger partial charge in [0.2, 0.25) is 0 Å². The van der Waals surface area contributed by atoms with Gasteiger partial charge in [-0.1, -0.05) is 0 Å². The Bertz CT molecular complexity index is 620. The van der Waals surface area contributed by atoms with Gasteiger partial charge in [-0.15, -0.1) is 11.3 Å². The molecule has 1 aliphatic carbocycles. The Labute approximate surface area is 134 Å². The van der Waals surface area contributed by atoms with E-state index in [0.717, 1.165) is 38.7 Å². The summed E-state index contributed by atoms with van der Waals surface area (Å²) in [5.74, 6) is 1.26. The fourth-order valence-electron chi connectivity index (χ4n) is 3.31. The highest BCUT2D eigenvalue weighted by atomic mass is 32.1. The van der Waals surface area contributed by atoms with Crippen LogP contribution in [0.25, 0.3) is 0 Å². The van der Waals surface area contributed by atoms with E-state index in [2.05, 4.69) is 31.2 Å². The number of rotatable bonds is 6. The minimum absolute atomic E-state index is 0.418. The van der Waals surface area contributed by atoms with Gasteiger partial charge in [0, 0.05) is 49.8 Å². The number of ether oxygens (including phenoxy) is 1. The molecule has 0 spiro atoms. The molecule has 22 heavy (non-hydrogen) atoms. The van der Waals surface area contributed by atoms with Crippen LogP contribution in [0.15, 0.2) is 17.8 Å². The van der Waals surface area contributed by atoms with Gasteiger partial charge < -0.3 is 4.74 Å². The first kappa shape index (κ1) is 14.4. The van der Waals surface area contributed by atoms with Gasteiger partial charge in [0.15, 0.2) is 0 Å². The van der Waals surface area contributed by atoms with Crippen molar-refractivity contribution in [2.24, 2.45) is 5.92 Å². The van der Waals surface area contributed by atoms with Crippen LogP contribution in [0.1, 0.15) is 35.0 Å². The highest BCUT2D eigenvalue weighted by Crippen LogP contribution is 2.34. The molecule has 118 valence electrons. The Morgan fingerprint density at radius 2 is 2.32 bits per heavy atom. The molecular formula is C16H22N4OS. The van der Waals surface area contributed by atoms with E-state index in [1.807, 2.05) is 6.20 Å². The SMILES string of the molecule is COCC1CN(Cc2nccs2)Cc2c1cnn2CC1CC1. The van der Waals surface area contributed by atoms with Crippen LogP contribution < -0.4 is 0 Å². The molecule has 0 N–H and O–H groups in total. The summed E-state index contributed by atoms with van der Waals surface area (Å²) in [7, 11) is 1.79. The third kappa shape index (κ3) is 2.95. The normalized spacial score (nSPS) is 22.0. The van der Waals surface area contributed by atoms with Gasteiger partial charge in [-0.3, -0.25) is 9.58 Å². The average molecular weight is 318 g/mol. The lowest BCUT2D eigenvalue weighted by molar-refractivity contribution is 0.134. The molecule has 1 saturated carbocycles. The number of nitrogens with zero attached hydrogens (tertiary/aromatic N) is 4. The summed E-state index contributed by atoms with van der Waals surface area (Å²) in [5.41, 5.74) is 2.77. The molecule has 1 unspecified atom stereocenters. The lowest BCUT2D eigenvalue weighted by Gasteiger charge is -2.32. The zero-order chi connectivity index (χ0) is 14.9. The van der Waals surface area contributed by atoms with E-state index in [1.165, 1.54) is 29.1 Å². The predicted molar refractivity (Wildman–Crippen MR) is 85.8 cm³/mol. The molecule has 4 rings (SSSR count). The Balaban J connectivity index is 1.56. The molecule has 5 nitrogen and oxygen atoms in total. The zero-order valence-corrected chi connectivity index (χ0v) is 13.8. The van der Waals surface area contributed by atoms with Gasteiger partial charge in [0.1, 0.15) is 5.01 Å². The Morgan fingerprint density at radius 3 is 3.05 bits per heavy atom. The van der Waals surface area contributed by atoms with Crippen LogP contribution in [0.5, 0.6) is 0 Å². The maximum atomic E-state index is 5.45. The molecule has 6 heteroatoms. The molecule has 0 aromatic carbocycles. The minimum Gasteiger partial charge on any atom is -0.384 e. The first-order valence-corrected chi connectivity index (χ1v) is 8.85. The van der Waals surface area contributed by atoms with Crippen molar-refractivity contribution in [3.8, 4) is 0 Å². The minimum atomic E-state index is 0.418. The van der Waals surface area contributed by atoms with Crippen LogP contribution in [0.3, 0.4) is 0 Å². The maximum absolute atomic E-state index is 5.45. The van der Waals surface area contributed by atoms with Crippen LogP contribution in [-0.2, 0) is 24.4 Å². The fraction of sp³-hybridized carbons (Fsp3) is 0.625. The van der Waals surface area contributed by atoms with Crippen LogP contribution >= 0.6 is 11.3 Å². The quantitative estimate of drug-likeness (QED) is 0.821. The van der Waals surface area contributed by atoms with Crippen molar-refractivity contribution < 1.29 is 4.74 Å². The van der Waals surface area contributed by atoms with Crippen molar-refractivity contribution >= 4 is 11.3 Å². The van der Waals surface area contributed by atoms with Crippen LogP contribution in [0, 0.1) is 5.92 Å². The highest BCUT2D eigenvalue weighted by Gasteiger charge is 2.31. The molecule has 1 aliphatic heterocycles. The standard InChI is InChI=1S/C16H22N4OS/c1-21-11-13-8-19(10-16-17-4-5-22-16)9-15-14(13)6-18-20(15)7-12-2-3-12/h4-6,12-13H,2-3,7-11H2,1H3. The first-order valence-electron chi connectivity index (χ1n) is 7.97. The molecule has 1 atom stereocenters. The largest absolute Gasteiger partial charge is 0.384 e. The summed E-state index contributed by atoms with van der Waals surface area (Å²) >= 11 is 1.73. The van der Waals surface area contributed by atoms with Crippen molar-refractivity contribution in [1.29, 1.82) is 0 Å². The van der Waals surface area contributed by atoms with Gasteiger partial charge in [-0.2, -0.15) is 5.10 Å². The molecule has 1 fully saturated rings. The summed E-state index contributed by atoms with van der Waals surface area (Å²) in [4.78, 5) is 6.91. The van der Waals surface area contributed by atoms with Gasteiger partial charge >= 0.3 is 0 Å². The van der Waals surface area contributed by atoms with Crippen LogP contribution in [0.2, 0.25) is 0 Å². The van der Waals surface area contributed by atoms with Crippen LogP contribution in [0.4, 0.5) is 0 Å². The van der Waals surface area contributed by atoms with Gasteiger partial charge in [-0.05, 0) is 18.8 Å². The van der Waals surface area contributed by atoms with Crippen LogP contribution in [-0.4, -0.2) is 39.9 Å². The van der Waals surface area contributed by atoms with Gasteiger partial charge in [-0.25, -0.2) is 4.98 Å². The Kier molecular flexibility index (Phi) is 3.98. The first-order chi connectivity index (χ1) is 10.8. The molecule has 2 aromatic rings. The monoisotopic (exact) mass is 318 g/mol. The topological polar surface area (TPSA) is 43.2 Å². The maximum Gasteiger partial charge on any atom is 0.107 e. The van der Waals surface area contributed by atoms with E-state index >= 15 is 0 Å². The number of thiazole rings is 1. The van der Waals surface area contributed by atoms with E-state index in [0.29, 0.717) is 5.92 Å². The Hall–Kier alpha value is -1.24. The molecule has 0 radical (unpaired) electrons. The molecule has 2 aliphatic rings. The average Bonchev–Trinajstić information content (AvgIpc) is 3.01. The molecular weight excluding hydrogens is 296 g/mol. The predicted octanol–water partition coefficient (Wildman–Crippen LogP) is 2.50. The number of aromatic nitrogens is 3. The van der Waals surface area contributed by atoms with Crippen molar-refractivity contribution in [2.75, 3.05) is 20.3 Å². The summed E-state index contributed by atoms with van der Waals surface area (Å²) in [6.45, 7) is 4.76. The molecule has 0 amide bonds. The lowest BCUT2D eigenvalue weighted by atomic mass is 9.95. The third-order valence-electron chi connectivity index (χ3n) is 4.61. The summed E-state index contributed by atoms with van der Waals surface area (Å²) in [6.07, 6.45) is 6.68. The smallest absolute Gasteiger partial charge is 0.107 e. The summed E-state index contributed by atoms with van der Waals surface area (Å²) < 4.78 is 7.69. The molecule has 3 heterocycles. The third-order valence-corrected chi connectivity index (χ3v) is 5.38. The van der Waals surface area contributed by atoms with E-state index in [9.17, 15) is 0 Å². The Morgan fingerprint density at radius 1 is 1.41 bits per heavy atom. The van der Waals surface area contributed by atoms with E-state index in [-0.39, 0.29) is 0 Å². The fourth-order valence-corrected chi connectivity index (χ4v) is 3.97. The second-order valence-electron chi connectivity index (χ2n) is 6.42. The van der Waals surface area contributed by atoms with Crippen molar-refractivity contribution in [2.45, 2.75) is 38.4 Å². The highest BCUT2D eigenvalue weighted by molar-refractivity contribution is 7.09. The van der Waals surface area contributed by atoms with Gasteiger partial charge in [0.05, 0.1) is 25.0 Å². The van der Waals surface area contributed by atoms with E-state index in [1.54, 1.807) is 18.4 Å². The molecule has 0 saturated heterocycles. The lowest BCUT2D eigenvalue weighted by Crippen LogP contribution is -2.35. The van der Waals surface area contributed by atoms with E-state index in [4.69, 9.17) is 4.74 Å². The summed E-state index contributed by atoms with van der Waals surface area (Å²) in [6, 6.07) is 0. The van der Waals surface area contributed by atoms with Crippen molar-refractivity contribution in [3.05, 3.63) is 34.0 Å². The molecule has 0 bridgehead atoms. The zero-order valence-electron chi connectivity index (χ0n) is 12.9. The van der Waals surface area contributed by atoms with E-state index < -0.39 is 0 Å². The van der Waals surface area contributed by atoms with Crippen molar-refractivity contribution in [3.63, 3.8) is 0 Å². The number of hydrogen-bond donors (Lipinski definition) is 0. The number of methoxy groups -OCH3 is 1. The number of fused-ring (bicyclic) bond motifs is 1. The summed E-state index contributed by atoms with van der Waals surface area (Å²) in [5, 5.41) is 7.90.